The molecule has 0 aliphatic heterocycles. The summed E-state index contributed by atoms with van der Waals surface area (Å²) < 4.78 is 39.4. The van der Waals surface area contributed by atoms with Crippen molar-refractivity contribution in [1.82, 2.24) is 4.72 Å². The van der Waals surface area contributed by atoms with E-state index in [9.17, 15) is 17.6 Å². The molecule has 0 aromatic heterocycles. The Hall–Kier alpha value is -1.67. The van der Waals surface area contributed by atoms with Gasteiger partial charge in [-0.3, -0.25) is 4.79 Å². The fourth-order valence-electron chi connectivity index (χ4n) is 1.82. The summed E-state index contributed by atoms with van der Waals surface area (Å²) in [5.74, 6) is -1.20. The van der Waals surface area contributed by atoms with Gasteiger partial charge >= 0.3 is 0 Å². The van der Waals surface area contributed by atoms with Gasteiger partial charge in [-0.15, -0.1) is 0 Å². The molecule has 2 aromatic rings. The van der Waals surface area contributed by atoms with Crippen molar-refractivity contribution in [1.29, 1.82) is 0 Å². The van der Waals surface area contributed by atoms with E-state index < -0.39 is 27.8 Å². The largest absolute Gasteiger partial charge is 0.322 e. The number of nitrogens with one attached hydrogen (secondary N) is 2. The summed E-state index contributed by atoms with van der Waals surface area (Å²) in [7, 11) is -3.98. The van der Waals surface area contributed by atoms with Gasteiger partial charge in [0.15, 0.2) is 0 Å². The smallest absolute Gasteiger partial charge is 0.242 e. The number of benzene rings is 2. The predicted octanol–water partition coefficient (Wildman–Crippen LogP) is 3.44. The molecule has 2 rings (SSSR count). The molecule has 128 valence electrons. The summed E-state index contributed by atoms with van der Waals surface area (Å²) in [6.45, 7) is 1.36. The van der Waals surface area contributed by atoms with Crippen LogP contribution in [0.3, 0.4) is 0 Å². The first kappa shape index (κ1) is 18.7. The van der Waals surface area contributed by atoms with Crippen LogP contribution in [0, 0.1) is 5.82 Å². The van der Waals surface area contributed by atoms with Crippen LogP contribution < -0.4 is 10.0 Å². The number of halogens is 3. The average molecular weight is 391 g/mol. The Balaban J connectivity index is 2.12. The van der Waals surface area contributed by atoms with Crippen molar-refractivity contribution in [3.63, 3.8) is 0 Å². The maximum Gasteiger partial charge on any atom is 0.242 e. The molecule has 0 unspecified atom stereocenters. The Bertz CT molecular complexity index is 837. The summed E-state index contributed by atoms with van der Waals surface area (Å²) in [6, 6.07) is 7.83. The Morgan fingerprint density at radius 2 is 1.62 bits per heavy atom. The van der Waals surface area contributed by atoms with Crippen molar-refractivity contribution < 1.29 is 17.6 Å². The highest BCUT2D eigenvalue weighted by atomic mass is 35.5. The molecule has 0 saturated heterocycles. The van der Waals surface area contributed by atoms with Gasteiger partial charge in [0.1, 0.15) is 5.82 Å². The predicted molar refractivity (Wildman–Crippen MR) is 91.3 cm³/mol. The first-order chi connectivity index (χ1) is 11.2. The van der Waals surface area contributed by atoms with Gasteiger partial charge < -0.3 is 5.32 Å². The number of hydrogen-bond donors (Lipinski definition) is 2. The average Bonchev–Trinajstić information content (AvgIpc) is 2.51. The molecule has 9 heteroatoms. The topological polar surface area (TPSA) is 75.3 Å². The van der Waals surface area contributed by atoms with Gasteiger partial charge in [-0.1, -0.05) is 29.3 Å². The fraction of sp³-hybridized carbons (Fsp3) is 0.133. The maximum atomic E-state index is 12.9. The lowest BCUT2D eigenvalue weighted by atomic mass is 10.3. The normalized spacial score (nSPS) is 12.7. The molecule has 24 heavy (non-hydrogen) atoms. The van der Waals surface area contributed by atoms with E-state index >= 15 is 0 Å². The highest BCUT2D eigenvalue weighted by molar-refractivity contribution is 7.89. The van der Waals surface area contributed by atoms with Crippen molar-refractivity contribution in [2.45, 2.75) is 17.9 Å². The van der Waals surface area contributed by atoms with Gasteiger partial charge in [-0.2, -0.15) is 4.72 Å². The second-order valence-electron chi connectivity index (χ2n) is 4.88. The molecule has 1 amide bonds. The van der Waals surface area contributed by atoms with Crippen LogP contribution in [0.1, 0.15) is 6.92 Å². The molecule has 0 spiro atoms. The number of sulfonamides is 1. The zero-order valence-electron chi connectivity index (χ0n) is 12.4. The standard InChI is InChI=1S/C15H13Cl2FN2O3S/c1-9(15(21)19-14-12(16)3-2-4-13(14)17)20-24(22,23)11-7-5-10(18)6-8-11/h2-9,20H,1H3,(H,19,21)/t9-/m0/s1. The van der Waals surface area contributed by atoms with E-state index in [-0.39, 0.29) is 20.6 Å². The van der Waals surface area contributed by atoms with Gasteiger partial charge in [0.2, 0.25) is 15.9 Å². The van der Waals surface area contributed by atoms with Crippen molar-refractivity contribution >= 4 is 44.8 Å². The SMILES string of the molecule is C[C@H](NS(=O)(=O)c1ccc(F)cc1)C(=O)Nc1c(Cl)cccc1Cl. The number of hydrogen-bond acceptors (Lipinski definition) is 3. The molecule has 0 heterocycles. The van der Waals surface area contributed by atoms with E-state index in [1.807, 2.05) is 0 Å². The van der Waals surface area contributed by atoms with Crippen LogP contribution in [-0.2, 0) is 14.8 Å². The first-order valence-corrected chi connectivity index (χ1v) is 8.97. The summed E-state index contributed by atoms with van der Waals surface area (Å²) >= 11 is 11.9. The Kier molecular flexibility index (Phi) is 5.82. The zero-order chi connectivity index (χ0) is 17.9. The molecule has 0 radical (unpaired) electrons. The lowest BCUT2D eigenvalue weighted by Crippen LogP contribution is -2.41. The molecule has 2 aromatic carbocycles. The van der Waals surface area contributed by atoms with Crippen LogP contribution in [0.2, 0.25) is 10.0 Å². The van der Waals surface area contributed by atoms with Crippen LogP contribution in [0.4, 0.5) is 10.1 Å². The van der Waals surface area contributed by atoms with Gasteiger partial charge in [0.05, 0.1) is 26.7 Å². The molecule has 2 N–H and O–H groups in total. The minimum Gasteiger partial charge on any atom is -0.322 e. The van der Waals surface area contributed by atoms with Crippen LogP contribution in [0.15, 0.2) is 47.4 Å². The Labute approximate surface area is 148 Å². The highest BCUT2D eigenvalue weighted by Crippen LogP contribution is 2.29. The molecule has 0 saturated carbocycles. The van der Waals surface area contributed by atoms with E-state index in [0.717, 1.165) is 24.3 Å². The van der Waals surface area contributed by atoms with Crippen molar-refractivity contribution in [3.8, 4) is 0 Å². The second kappa shape index (κ2) is 7.48. The third-order valence-corrected chi connectivity index (χ3v) is 5.25. The molecule has 0 bridgehead atoms. The zero-order valence-corrected chi connectivity index (χ0v) is 14.7. The van der Waals surface area contributed by atoms with Crippen LogP contribution >= 0.6 is 23.2 Å². The summed E-state index contributed by atoms with van der Waals surface area (Å²) in [5, 5.41) is 2.92. The molecule has 0 fully saturated rings. The fourth-order valence-corrected chi connectivity index (χ4v) is 3.51. The minimum atomic E-state index is -3.98. The molecule has 5 nitrogen and oxygen atoms in total. The quantitative estimate of drug-likeness (QED) is 0.820. The van der Waals surface area contributed by atoms with Gasteiger partial charge in [0, 0.05) is 0 Å². The summed E-state index contributed by atoms with van der Waals surface area (Å²) in [6.07, 6.45) is 0. The van der Waals surface area contributed by atoms with E-state index in [0.29, 0.717) is 0 Å². The Morgan fingerprint density at radius 3 is 2.17 bits per heavy atom. The number of carbonyl (C=O) groups is 1. The third-order valence-electron chi connectivity index (χ3n) is 3.06. The van der Waals surface area contributed by atoms with Crippen LogP contribution in [0.25, 0.3) is 0 Å². The maximum absolute atomic E-state index is 12.9. The van der Waals surface area contributed by atoms with Gasteiger partial charge in [-0.25, -0.2) is 12.8 Å². The van der Waals surface area contributed by atoms with Gasteiger partial charge in [-0.05, 0) is 43.3 Å². The van der Waals surface area contributed by atoms with Gasteiger partial charge in [0.25, 0.3) is 0 Å². The van der Waals surface area contributed by atoms with Crippen LogP contribution in [-0.4, -0.2) is 20.4 Å². The molecular weight excluding hydrogens is 378 g/mol. The molecule has 1 atom stereocenters. The number of para-hydroxylation sites is 1. The minimum absolute atomic E-state index is 0.153. The lowest BCUT2D eigenvalue weighted by molar-refractivity contribution is -0.117. The summed E-state index contributed by atoms with van der Waals surface area (Å²) in [5.41, 5.74) is 0.193. The number of carbonyl (C=O) groups excluding carboxylic acids is 1. The first-order valence-electron chi connectivity index (χ1n) is 6.73. The third kappa shape index (κ3) is 4.45. The second-order valence-corrected chi connectivity index (χ2v) is 7.41. The lowest BCUT2D eigenvalue weighted by Gasteiger charge is -2.15. The highest BCUT2D eigenvalue weighted by Gasteiger charge is 2.23. The van der Waals surface area contributed by atoms with Crippen molar-refractivity contribution in [2.24, 2.45) is 0 Å². The monoisotopic (exact) mass is 390 g/mol. The van der Waals surface area contributed by atoms with Crippen molar-refractivity contribution in [3.05, 3.63) is 58.3 Å². The van der Waals surface area contributed by atoms with E-state index in [1.54, 1.807) is 6.07 Å². The molecular formula is C15H13Cl2FN2O3S. The number of anilines is 1. The summed E-state index contributed by atoms with van der Waals surface area (Å²) in [4.78, 5) is 12.0. The van der Waals surface area contributed by atoms with E-state index in [2.05, 4.69) is 10.0 Å². The van der Waals surface area contributed by atoms with Crippen molar-refractivity contribution in [2.75, 3.05) is 5.32 Å². The molecule has 0 aliphatic rings. The number of amides is 1. The number of rotatable bonds is 5. The van der Waals surface area contributed by atoms with E-state index in [4.69, 9.17) is 23.2 Å². The molecule has 0 aliphatic carbocycles. The van der Waals surface area contributed by atoms with E-state index in [1.165, 1.54) is 19.1 Å². The van der Waals surface area contributed by atoms with Crippen LogP contribution in [0.5, 0.6) is 0 Å². The Morgan fingerprint density at radius 1 is 1.08 bits per heavy atom.